The number of nitrogens with one attached hydrogen (secondary N) is 1. The van der Waals surface area contributed by atoms with Crippen LogP contribution in [0.5, 0.6) is 0 Å². The molecule has 1 amide bonds. The van der Waals surface area contributed by atoms with Crippen LogP contribution in [-0.2, 0) is 0 Å². The lowest BCUT2D eigenvalue weighted by molar-refractivity contribution is 0.101. The van der Waals surface area contributed by atoms with Crippen LogP contribution in [0.15, 0.2) is 75.0 Å². The third-order valence-corrected chi connectivity index (χ3v) is 5.87. The summed E-state index contributed by atoms with van der Waals surface area (Å²) < 4.78 is 25.1. The lowest BCUT2D eigenvalue weighted by atomic mass is 10.0. The summed E-state index contributed by atoms with van der Waals surface area (Å²) in [5.74, 6) is -1.23. The first-order valence-corrected chi connectivity index (χ1v) is 10.5. The molecule has 0 saturated heterocycles. The summed E-state index contributed by atoms with van der Waals surface area (Å²) in [6, 6.07) is 16.4. The quantitative estimate of drug-likeness (QED) is 0.331. The first kappa shape index (κ1) is 19.9. The number of hydrogen-bond donors (Lipinski definition) is 1. The highest BCUT2D eigenvalue weighted by molar-refractivity contribution is 7.13. The van der Waals surface area contributed by atoms with Crippen LogP contribution in [0.4, 0.5) is 10.1 Å². The maximum Gasteiger partial charge on any atom is 0.277 e. The smallest absolute Gasteiger partial charge is 0.277 e. The summed E-state index contributed by atoms with van der Waals surface area (Å²) in [6.07, 6.45) is 0. The van der Waals surface area contributed by atoms with Gasteiger partial charge in [-0.3, -0.25) is 9.59 Å². The van der Waals surface area contributed by atoms with Crippen LogP contribution in [-0.4, -0.2) is 16.8 Å². The first-order valence-electron chi connectivity index (χ1n) is 9.65. The van der Waals surface area contributed by atoms with Crippen molar-refractivity contribution in [3.8, 4) is 10.6 Å². The van der Waals surface area contributed by atoms with Gasteiger partial charge in [0.15, 0.2) is 17.2 Å². The normalized spacial score (nSPS) is 11.1. The van der Waals surface area contributed by atoms with Gasteiger partial charge in [0.2, 0.25) is 5.78 Å². The predicted octanol–water partition coefficient (Wildman–Crippen LogP) is 6.08. The fourth-order valence-electron chi connectivity index (χ4n) is 3.29. The summed E-state index contributed by atoms with van der Waals surface area (Å²) in [5, 5.41) is 8.99. The molecule has 6 nitrogen and oxygen atoms in total. The number of carbonyl (C=O) groups excluding carboxylic acids is 2. The molecular weight excluding hydrogens is 431 g/mol. The van der Waals surface area contributed by atoms with Gasteiger partial charge in [-0.05, 0) is 42.1 Å². The Morgan fingerprint density at radius 2 is 1.91 bits per heavy atom. The summed E-state index contributed by atoms with van der Waals surface area (Å²) in [4.78, 5) is 26.9. The zero-order valence-electron chi connectivity index (χ0n) is 16.7. The van der Waals surface area contributed by atoms with Gasteiger partial charge in [-0.25, -0.2) is 4.39 Å². The Morgan fingerprint density at radius 3 is 2.69 bits per heavy atom. The molecule has 8 heteroatoms. The molecule has 32 heavy (non-hydrogen) atoms. The van der Waals surface area contributed by atoms with Gasteiger partial charge >= 0.3 is 0 Å². The summed E-state index contributed by atoms with van der Waals surface area (Å²) in [6.45, 7) is 1.61. The highest BCUT2D eigenvalue weighted by Gasteiger charge is 2.25. The molecule has 0 atom stereocenters. The molecule has 0 radical (unpaired) electrons. The van der Waals surface area contributed by atoms with Gasteiger partial charge in [0.05, 0.1) is 10.6 Å². The number of aromatic nitrogens is 1. The molecule has 3 aromatic heterocycles. The van der Waals surface area contributed by atoms with E-state index in [2.05, 4.69) is 10.5 Å². The number of carbonyl (C=O) groups is 2. The third-order valence-electron chi connectivity index (χ3n) is 4.98. The lowest BCUT2D eigenvalue weighted by Gasteiger charge is -2.05. The Morgan fingerprint density at radius 1 is 1.06 bits per heavy atom. The van der Waals surface area contributed by atoms with E-state index in [0.717, 1.165) is 10.9 Å². The highest BCUT2D eigenvalue weighted by Crippen LogP contribution is 2.33. The molecule has 5 rings (SSSR count). The van der Waals surface area contributed by atoms with Crippen LogP contribution in [0, 0.1) is 12.7 Å². The number of benzene rings is 2. The van der Waals surface area contributed by atoms with Crippen molar-refractivity contribution in [2.75, 3.05) is 5.32 Å². The number of anilines is 1. The van der Waals surface area contributed by atoms with Gasteiger partial charge in [0, 0.05) is 17.0 Å². The van der Waals surface area contributed by atoms with Crippen LogP contribution in [0.3, 0.4) is 0 Å². The zero-order valence-corrected chi connectivity index (χ0v) is 17.5. The van der Waals surface area contributed by atoms with E-state index in [1.54, 1.807) is 31.2 Å². The molecule has 0 unspecified atom stereocenters. The second-order valence-electron chi connectivity index (χ2n) is 7.10. The maximum absolute atomic E-state index is 14.0. The fraction of sp³-hybridized carbons (Fsp3) is 0.0417. The molecule has 0 spiro atoms. The Labute approximate surface area is 185 Å². The highest BCUT2D eigenvalue weighted by atomic mass is 32.1. The lowest BCUT2D eigenvalue weighted by Crippen LogP contribution is -2.14. The summed E-state index contributed by atoms with van der Waals surface area (Å²) in [7, 11) is 0. The maximum atomic E-state index is 14.0. The monoisotopic (exact) mass is 446 g/mol. The van der Waals surface area contributed by atoms with Crippen molar-refractivity contribution in [2.24, 2.45) is 0 Å². The first-order chi connectivity index (χ1) is 15.5. The van der Waals surface area contributed by atoms with Crippen LogP contribution >= 0.6 is 11.3 Å². The van der Waals surface area contributed by atoms with Gasteiger partial charge in [-0.2, -0.15) is 0 Å². The Bertz CT molecular complexity index is 1470. The van der Waals surface area contributed by atoms with Crippen LogP contribution in [0.2, 0.25) is 0 Å². The molecule has 0 aliphatic rings. The van der Waals surface area contributed by atoms with Gasteiger partial charge in [-0.15, -0.1) is 11.3 Å². The van der Waals surface area contributed by atoms with E-state index >= 15 is 0 Å². The molecule has 1 N–H and O–H groups in total. The van der Waals surface area contributed by atoms with Crippen molar-refractivity contribution >= 4 is 39.7 Å². The largest absolute Gasteiger partial charge is 0.450 e. The van der Waals surface area contributed by atoms with E-state index in [-0.39, 0.29) is 22.7 Å². The minimum atomic E-state index is -0.563. The van der Waals surface area contributed by atoms with Crippen molar-refractivity contribution in [1.29, 1.82) is 0 Å². The van der Waals surface area contributed by atoms with E-state index in [1.807, 2.05) is 17.5 Å². The third kappa shape index (κ3) is 3.50. The Hall–Kier alpha value is -4.04. The van der Waals surface area contributed by atoms with Crippen molar-refractivity contribution in [3.63, 3.8) is 0 Å². The number of nitrogens with zero attached hydrogens (tertiary/aromatic N) is 1. The van der Waals surface area contributed by atoms with Gasteiger partial charge in [0.25, 0.3) is 5.91 Å². The van der Waals surface area contributed by atoms with Crippen LogP contribution in [0.1, 0.15) is 32.2 Å². The standard InChI is InChI=1S/C24H15FN2O4S/c1-13-8-9-14(11-16(13)25)22(28)23-21(15-5-2-3-6-18(15)30-23)26-24(29)17-12-19(31-27-17)20-7-4-10-32-20/h2-12H,1H3,(H,26,29). The molecule has 3 heterocycles. The summed E-state index contributed by atoms with van der Waals surface area (Å²) in [5.41, 5.74) is 1.20. The topological polar surface area (TPSA) is 85.3 Å². The number of ketones is 1. The van der Waals surface area contributed by atoms with Crippen molar-refractivity contribution in [3.05, 3.63) is 94.4 Å². The molecule has 0 fully saturated rings. The van der Waals surface area contributed by atoms with E-state index in [0.29, 0.717) is 22.3 Å². The number of rotatable bonds is 5. The van der Waals surface area contributed by atoms with E-state index in [4.69, 9.17) is 8.94 Å². The number of amides is 1. The average molecular weight is 446 g/mol. The molecule has 158 valence electrons. The molecule has 0 aliphatic heterocycles. The second kappa shape index (κ2) is 7.90. The minimum Gasteiger partial charge on any atom is -0.450 e. The molecule has 5 aromatic rings. The molecule has 0 bridgehead atoms. The predicted molar refractivity (Wildman–Crippen MR) is 119 cm³/mol. The van der Waals surface area contributed by atoms with Crippen molar-refractivity contribution in [2.45, 2.75) is 6.92 Å². The van der Waals surface area contributed by atoms with Gasteiger partial charge in [0.1, 0.15) is 11.4 Å². The van der Waals surface area contributed by atoms with E-state index < -0.39 is 17.5 Å². The van der Waals surface area contributed by atoms with Crippen molar-refractivity contribution < 1.29 is 22.9 Å². The minimum absolute atomic E-state index is 0.0541. The molecule has 0 aliphatic carbocycles. The number of halogens is 1. The number of furan rings is 1. The Kier molecular flexibility index (Phi) is 4.91. The van der Waals surface area contributed by atoms with Crippen molar-refractivity contribution in [1.82, 2.24) is 5.16 Å². The average Bonchev–Trinajstić information content (AvgIpc) is 3.55. The second-order valence-corrected chi connectivity index (χ2v) is 8.05. The summed E-state index contributed by atoms with van der Waals surface area (Å²) >= 11 is 1.46. The van der Waals surface area contributed by atoms with Gasteiger partial charge < -0.3 is 14.3 Å². The molecule has 2 aromatic carbocycles. The zero-order chi connectivity index (χ0) is 22.2. The number of thiophene rings is 1. The van der Waals surface area contributed by atoms with Gasteiger partial charge in [-0.1, -0.05) is 35.5 Å². The van der Waals surface area contributed by atoms with E-state index in [9.17, 15) is 14.0 Å². The molecule has 0 saturated carbocycles. The number of para-hydroxylation sites is 1. The fourth-order valence-corrected chi connectivity index (χ4v) is 3.96. The van der Waals surface area contributed by atoms with Crippen LogP contribution in [0.25, 0.3) is 21.6 Å². The van der Waals surface area contributed by atoms with Crippen LogP contribution < -0.4 is 5.32 Å². The number of aryl methyl sites for hydroxylation is 1. The Balaban J connectivity index is 1.52. The molecular formula is C24H15FN2O4S. The number of fused-ring (bicyclic) bond motifs is 1. The van der Waals surface area contributed by atoms with E-state index in [1.165, 1.54) is 29.5 Å². The SMILES string of the molecule is Cc1ccc(C(=O)c2oc3ccccc3c2NC(=O)c2cc(-c3cccs3)on2)cc1F. The number of hydrogen-bond acceptors (Lipinski definition) is 6.